The summed E-state index contributed by atoms with van der Waals surface area (Å²) in [5.74, 6) is -0.883. The van der Waals surface area contributed by atoms with Crippen LogP contribution in [0.2, 0.25) is 0 Å². The van der Waals surface area contributed by atoms with Crippen LogP contribution in [0.5, 0.6) is 0 Å². The van der Waals surface area contributed by atoms with E-state index in [4.69, 9.17) is 9.84 Å². The van der Waals surface area contributed by atoms with Crippen molar-refractivity contribution in [3.8, 4) is 0 Å². The lowest BCUT2D eigenvalue weighted by atomic mass is 10.0. The first-order valence-electron chi connectivity index (χ1n) is 4.77. The second-order valence-electron chi connectivity index (χ2n) is 3.32. The van der Waals surface area contributed by atoms with Crippen LogP contribution in [0.3, 0.4) is 0 Å². The van der Waals surface area contributed by atoms with E-state index in [1.807, 2.05) is 0 Å². The van der Waals surface area contributed by atoms with Gasteiger partial charge in [-0.3, -0.25) is 0 Å². The standard InChI is InChI=1S/C10H16O3/c11-10(12)8-13-9-6-4-2-1-3-5-7-9/h2,4,9H,1,3,5-8H2,(H,11,12)/b4-2-. The van der Waals surface area contributed by atoms with Crippen molar-refractivity contribution >= 4 is 5.97 Å². The Kier molecular flexibility index (Phi) is 4.54. The number of rotatable bonds is 3. The largest absolute Gasteiger partial charge is 0.480 e. The Balaban J connectivity index is 2.25. The van der Waals surface area contributed by atoms with E-state index in [0.717, 1.165) is 25.7 Å². The molecule has 0 aliphatic heterocycles. The summed E-state index contributed by atoms with van der Waals surface area (Å²) in [7, 11) is 0. The molecule has 3 heteroatoms. The molecule has 0 bridgehead atoms. The molecule has 0 heterocycles. The van der Waals surface area contributed by atoms with Crippen LogP contribution in [-0.2, 0) is 9.53 Å². The minimum Gasteiger partial charge on any atom is -0.480 e. The van der Waals surface area contributed by atoms with Crippen LogP contribution >= 0.6 is 0 Å². The first-order chi connectivity index (χ1) is 6.29. The van der Waals surface area contributed by atoms with Gasteiger partial charge in [-0.1, -0.05) is 18.6 Å². The molecule has 0 radical (unpaired) electrons. The molecule has 0 saturated carbocycles. The highest BCUT2D eigenvalue weighted by Gasteiger charge is 2.10. The molecule has 1 aliphatic rings. The van der Waals surface area contributed by atoms with Crippen LogP contribution in [-0.4, -0.2) is 23.8 Å². The second kappa shape index (κ2) is 5.75. The van der Waals surface area contributed by atoms with Crippen molar-refractivity contribution in [1.29, 1.82) is 0 Å². The van der Waals surface area contributed by atoms with E-state index in [9.17, 15) is 4.79 Å². The summed E-state index contributed by atoms with van der Waals surface area (Å²) in [6.45, 7) is -0.168. The summed E-state index contributed by atoms with van der Waals surface area (Å²) in [6.07, 6.45) is 9.64. The molecular weight excluding hydrogens is 168 g/mol. The van der Waals surface area contributed by atoms with Gasteiger partial charge in [-0.05, 0) is 25.7 Å². The van der Waals surface area contributed by atoms with Crippen LogP contribution in [0.1, 0.15) is 32.1 Å². The number of aliphatic carboxylic acids is 1. The number of carboxylic acids is 1. The summed E-state index contributed by atoms with van der Waals surface area (Å²) >= 11 is 0. The minimum absolute atomic E-state index is 0.104. The molecule has 1 atom stereocenters. The van der Waals surface area contributed by atoms with E-state index in [2.05, 4.69) is 12.2 Å². The maximum Gasteiger partial charge on any atom is 0.329 e. The van der Waals surface area contributed by atoms with Crippen molar-refractivity contribution in [3.63, 3.8) is 0 Å². The molecule has 3 nitrogen and oxygen atoms in total. The lowest BCUT2D eigenvalue weighted by Crippen LogP contribution is -2.18. The van der Waals surface area contributed by atoms with Gasteiger partial charge in [0.05, 0.1) is 6.10 Å². The molecule has 1 N–H and O–H groups in total. The van der Waals surface area contributed by atoms with Crippen molar-refractivity contribution < 1.29 is 14.6 Å². The summed E-state index contributed by atoms with van der Waals surface area (Å²) < 4.78 is 5.23. The maximum atomic E-state index is 10.3. The molecule has 0 saturated heterocycles. The molecule has 0 fully saturated rings. The Morgan fingerprint density at radius 1 is 1.46 bits per heavy atom. The summed E-state index contributed by atoms with van der Waals surface area (Å²) in [5.41, 5.74) is 0. The van der Waals surface area contributed by atoms with Crippen LogP contribution in [0.25, 0.3) is 0 Å². The van der Waals surface area contributed by atoms with Gasteiger partial charge < -0.3 is 9.84 Å². The third-order valence-corrected chi connectivity index (χ3v) is 2.16. The van der Waals surface area contributed by atoms with Crippen LogP contribution in [0.4, 0.5) is 0 Å². The highest BCUT2D eigenvalue weighted by molar-refractivity contribution is 5.68. The first-order valence-corrected chi connectivity index (χ1v) is 4.77. The molecule has 1 rings (SSSR count). The predicted octanol–water partition coefficient (Wildman–Crippen LogP) is 1.98. The number of carbonyl (C=O) groups is 1. The van der Waals surface area contributed by atoms with Gasteiger partial charge in [-0.25, -0.2) is 4.79 Å². The number of hydrogen-bond donors (Lipinski definition) is 1. The second-order valence-corrected chi connectivity index (χ2v) is 3.32. The van der Waals surface area contributed by atoms with Gasteiger partial charge in [0.2, 0.25) is 0 Å². The number of carboxylic acid groups (broad SMARTS) is 1. The van der Waals surface area contributed by atoms with E-state index < -0.39 is 5.97 Å². The quantitative estimate of drug-likeness (QED) is 0.682. The monoisotopic (exact) mass is 184 g/mol. The summed E-state index contributed by atoms with van der Waals surface area (Å²) in [4.78, 5) is 10.3. The lowest BCUT2D eigenvalue weighted by Gasteiger charge is -2.16. The highest BCUT2D eigenvalue weighted by atomic mass is 16.5. The average Bonchev–Trinajstić information content (AvgIpc) is 2.01. The Labute approximate surface area is 78.4 Å². The van der Waals surface area contributed by atoms with Crippen LogP contribution < -0.4 is 0 Å². The van der Waals surface area contributed by atoms with Gasteiger partial charge in [0, 0.05) is 0 Å². The van der Waals surface area contributed by atoms with Gasteiger partial charge in [-0.2, -0.15) is 0 Å². The average molecular weight is 184 g/mol. The SMILES string of the molecule is O=C(O)COC1C/C=C\CCCC1. The Morgan fingerprint density at radius 3 is 3.08 bits per heavy atom. The maximum absolute atomic E-state index is 10.3. The zero-order valence-corrected chi connectivity index (χ0v) is 7.74. The fourth-order valence-corrected chi connectivity index (χ4v) is 1.46. The summed E-state index contributed by atoms with van der Waals surface area (Å²) in [5, 5.41) is 8.43. The molecular formula is C10H16O3. The molecule has 0 amide bonds. The van der Waals surface area contributed by atoms with Crippen molar-refractivity contribution in [2.24, 2.45) is 0 Å². The molecule has 0 aromatic heterocycles. The van der Waals surface area contributed by atoms with Gasteiger partial charge in [0.15, 0.2) is 0 Å². The number of ether oxygens (including phenoxy) is 1. The Morgan fingerprint density at radius 2 is 2.31 bits per heavy atom. The fraction of sp³-hybridized carbons (Fsp3) is 0.700. The minimum atomic E-state index is -0.883. The highest BCUT2D eigenvalue weighted by Crippen LogP contribution is 2.14. The van der Waals surface area contributed by atoms with Crippen molar-refractivity contribution in [1.82, 2.24) is 0 Å². The van der Waals surface area contributed by atoms with E-state index >= 15 is 0 Å². The van der Waals surface area contributed by atoms with Crippen LogP contribution in [0.15, 0.2) is 12.2 Å². The topological polar surface area (TPSA) is 46.5 Å². The third kappa shape index (κ3) is 4.68. The molecule has 74 valence electrons. The molecule has 0 aromatic carbocycles. The van der Waals surface area contributed by atoms with Gasteiger partial charge in [-0.15, -0.1) is 0 Å². The van der Waals surface area contributed by atoms with Gasteiger partial charge in [0.1, 0.15) is 6.61 Å². The Bertz CT molecular complexity index is 187. The van der Waals surface area contributed by atoms with E-state index in [1.54, 1.807) is 0 Å². The van der Waals surface area contributed by atoms with E-state index in [-0.39, 0.29) is 12.7 Å². The van der Waals surface area contributed by atoms with Crippen molar-refractivity contribution in [2.45, 2.75) is 38.2 Å². The Hall–Kier alpha value is -0.830. The van der Waals surface area contributed by atoms with E-state index in [0.29, 0.717) is 0 Å². The van der Waals surface area contributed by atoms with Gasteiger partial charge in [0.25, 0.3) is 0 Å². The third-order valence-electron chi connectivity index (χ3n) is 2.16. The van der Waals surface area contributed by atoms with Crippen molar-refractivity contribution in [2.75, 3.05) is 6.61 Å². The lowest BCUT2D eigenvalue weighted by molar-refractivity contribution is -0.144. The van der Waals surface area contributed by atoms with Crippen LogP contribution in [0, 0.1) is 0 Å². The number of allylic oxidation sites excluding steroid dienone is 1. The molecule has 1 unspecified atom stereocenters. The predicted molar refractivity (Wildman–Crippen MR) is 49.6 cm³/mol. The molecule has 1 aliphatic carbocycles. The smallest absolute Gasteiger partial charge is 0.329 e. The zero-order chi connectivity index (χ0) is 9.52. The first kappa shape index (κ1) is 10.3. The summed E-state index contributed by atoms with van der Waals surface area (Å²) in [6, 6.07) is 0. The van der Waals surface area contributed by atoms with Crippen molar-refractivity contribution in [3.05, 3.63) is 12.2 Å². The number of hydrogen-bond acceptors (Lipinski definition) is 2. The molecule has 0 aromatic rings. The normalized spacial score (nSPS) is 26.0. The van der Waals surface area contributed by atoms with E-state index in [1.165, 1.54) is 6.42 Å². The molecule has 13 heavy (non-hydrogen) atoms. The molecule has 0 spiro atoms. The van der Waals surface area contributed by atoms with Gasteiger partial charge >= 0.3 is 5.97 Å². The fourth-order valence-electron chi connectivity index (χ4n) is 1.46. The zero-order valence-electron chi connectivity index (χ0n) is 7.74.